The van der Waals surface area contributed by atoms with E-state index < -0.39 is 11.8 Å². The van der Waals surface area contributed by atoms with Crippen LogP contribution in [-0.2, 0) is 20.9 Å². The van der Waals surface area contributed by atoms with Gasteiger partial charge in [0.2, 0.25) is 0 Å². The van der Waals surface area contributed by atoms with Gasteiger partial charge in [0.05, 0.1) is 12.2 Å². The lowest BCUT2D eigenvalue weighted by molar-refractivity contribution is -0.136. The highest BCUT2D eigenvalue weighted by Crippen LogP contribution is 2.21. The molecule has 0 spiro atoms. The number of hydrogen-bond donors (Lipinski definition) is 3. The molecule has 40 heavy (non-hydrogen) atoms. The van der Waals surface area contributed by atoms with Crippen LogP contribution in [0.2, 0.25) is 0 Å². The standard InChI is InChI=1S/C30H30N6O4/c1-19-17-36(18-20(2)40-19)30(39)24-10-8-21(9-11-24)16-31-28(37)29(38)32-25-14-12-23(13-15-25)27-33-26(34-35-27)22-6-4-3-5-7-22/h3-15,19-20H,16-18H2,1-2H3,(H,31,37)(H,32,38)(H,33,34,35). The maximum Gasteiger partial charge on any atom is 0.313 e. The van der Waals surface area contributed by atoms with Crippen LogP contribution in [0.4, 0.5) is 5.69 Å². The number of ether oxygens (including phenoxy) is 1. The summed E-state index contributed by atoms with van der Waals surface area (Å²) in [7, 11) is 0. The number of nitrogens with zero attached hydrogens (tertiary/aromatic N) is 3. The van der Waals surface area contributed by atoms with Crippen molar-refractivity contribution in [2.24, 2.45) is 0 Å². The van der Waals surface area contributed by atoms with Gasteiger partial charge in [-0.25, -0.2) is 4.98 Å². The second kappa shape index (κ2) is 11.9. The molecule has 0 radical (unpaired) electrons. The Balaban J connectivity index is 1.11. The van der Waals surface area contributed by atoms with Crippen molar-refractivity contribution in [2.45, 2.75) is 32.6 Å². The molecule has 0 bridgehead atoms. The summed E-state index contributed by atoms with van der Waals surface area (Å²) >= 11 is 0. The molecule has 0 saturated carbocycles. The molecule has 1 aromatic heterocycles. The first-order valence-electron chi connectivity index (χ1n) is 13.1. The number of rotatable bonds is 6. The average Bonchev–Trinajstić information content (AvgIpc) is 3.47. The highest BCUT2D eigenvalue weighted by atomic mass is 16.5. The number of H-pyrrole nitrogens is 1. The summed E-state index contributed by atoms with van der Waals surface area (Å²) in [4.78, 5) is 43.9. The summed E-state index contributed by atoms with van der Waals surface area (Å²) in [5.74, 6) is -0.407. The lowest BCUT2D eigenvalue weighted by Crippen LogP contribution is -2.48. The van der Waals surface area contributed by atoms with Crippen molar-refractivity contribution in [3.05, 3.63) is 90.0 Å². The molecule has 1 aliphatic heterocycles. The fourth-order valence-corrected chi connectivity index (χ4v) is 4.56. The predicted molar refractivity (Wildman–Crippen MR) is 150 cm³/mol. The second-order valence-corrected chi connectivity index (χ2v) is 9.75. The molecule has 2 unspecified atom stereocenters. The van der Waals surface area contributed by atoms with Gasteiger partial charge in [0.1, 0.15) is 0 Å². The van der Waals surface area contributed by atoms with Crippen molar-refractivity contribution >= 4 is 23.4 Å². The number of amides is 3. The third kappa shape index (κ3) is 6.41. The van der Waals surface area contributed by atoms with Gasteiger partial charge in [0.15, 0.2) is 11.6 Å². The van der Waals surface area contributed by atoms with Gasteiger partial charge in [-0.2, -0.15) is 5.10 Å². The Morgan fingerprint density at radius 1 is 0.875 bits per heavy atom. The lowest BCUT2D eigenvalue weighted by Gasteiger charge is -2.35. The quantitative estimate of drug-likeness (QED) is 0.322. The number of aromatic nitrogens is 3. The first-order chi connectivity index (χ1) is 19.4. The Kier molecular flexibility index (Phi) is 7.97. The zero-order valence-electron chi connectivity index (χ0n) is 22.3. The summed E-state index contributed by atoms with van der Waals surface area (Å²) in [5.41, 5.74) is 3.51. The van der Waals surface area contributed by atoms with E-state index in [1.54, 1.807) is 53.4 Å². The Labute approximate surface area is 231 Å². The maximum absolute atomic E-state index is 12.8. The van der Waals surface area contributed by atoms with E-state index in [1.165, 1.54) is 0 Å². The van der Waals surface area contributed by atoms with Crippen LogP contribution in [0.15, 0.2) is 78.9 Å². The monoisotopic (exact) mass is 538 g/mol. The second-order valence-electron chi connectivity index (χ2n) is 9.75. The number of carbonyl (C=O) groups is 3. The van der Waals surface area contributed by atoms with E-state index in [0.717, 1.165) is 16.7 Å². The topological polar surface area (TPSA) is 129 Å². The van der Waals surface area contributed by atoms with E-state index in [4.69, 9.17) is 4.74 Å². The van der Waals surface area contributed by atoms with Crippen molar-refractivity contribution in [2.75, 3.05) is 18.4 Å². The van der Waals surface area contributed by atoms with E-state index >= 15 is 0 Å². The molecular weight excluding hydrogens is 508 g/mol. The van der Waals surface area contributed by atoms with Gasteiger partial charge >= 0.3 is 11.8 Å². The summed E-state index contributed by atoms with van der Waals surface area (Å²) in [6.07, 6.45) is -0.0135. The van der Waals surface area contributed by atoms with E-state index in [1.807, 2.05) is 44.2 Å². The zero-order valence-corrected chi connectivity index (χ0v) is 22.3. The highest BCUT2D eigenvalue weighted by molar-refractivity contribution is 6.39. The Bertz CT molecular complexity index is 1470. The Morgan fingerprint density at radius 3 is 2.23 bits per heavy atom. The number of hydrogen-bond acceptors (Lipinski definition) is 6. The Hall–Kier alpha value is -4.83. The third-order valence-electron chi connectivity index (χ3n) is 6.50. The number of morpholine rings is 1. The molecule has 10 heteroatoms. The van der Waals surface area contributed by atoms with E-state index in [-0.39, 0.29) is 24.7 Å². The van der Waals surface area contributed by atoms with Gasteiger partial charge < -0.3 is 20.3 Å². The SMILES string of the molecule is CC1CN(C(=O)c2ccc(CNC(=O)C(=O)Nc3ccc(-c4nc(-c5ccccc5)n[nH]4)cc3)cc2)CC(C)O1. The molecule has 3 aromatic carbocycles. The minimum absolute atomic E-state index is 0.00675. The number of aromatic amines is 1. The fourth-order valence-electron chi connectivity index (χ4n) is 4.56. The van der Waals surface area contributed by atoms with E-state index in [2.05, 4.69) is 25.8 Å². The van der Waals surface area contributed by atoms with Crippen molar-refractivity contribution in [3.8, 4) is 22.8 Å². The number of nitrogens with one attached hydrogen (secondary N) is 3. The molecule has 204 valence electrons. The minimum atomic E-state index is -0.777. The van der Waals surface area contributed by atoms with Crippen LogP contribution in [0.3, 0.4) is 0 Å². The summed E-state index contributed by atoms with van der Waals surface area (Å²) in [6, 6.07) is 23.6. The van der Waals surface area contributed by atoms with Crippen LogP contribution < -0.4 is 10.6 Å². The molecule has 3 N–H and O–H groups in total. The van der Waals surface area contributed by atoms with Gasteiger partial charge in [0.25, 0.3) is 5.91 Å². The molecule has 0 aliphatic carbocycles. The molecule has 1 saturated heterocycles. The van der Waals surface area contributed by atoms with E-state index in [9.17, 15) is 14.4 Å². The van der Waals surface area contributed by atoms with Crippen molar-refractivity contribution in [1.29, 1.82) is 0 Å². The number of anilines is 1. The van der Waals surface area contributed by atoms with Crippen LogP contribution in [0, 0.1) is 0 Å². The molecule has 2 heterocycles. The fraction of sp³-hybridized carbons (Fsp3) is 0.233. The van der Waals surface area contributed by atoms with E-state index in [0.29, 0.717) is 36.0 Å². The minimum Gasteiger partial charge on any atom is -0.372 e. The highest BCUT2D eigenvalue weighted by Gasteiger charge is 2.26. The molecule has 1 aliphatic rings. The van der Waals surface area contributed by atoms with Crippen LogP contribution in [0.25, 0.3) is 22.8 Å². The third-order valence-corrected chi connectivity index (χ3v) is 6.50. The maximum atomic E-state index is 12.8. The molecular formula is C30H30N6O4. The summed E-state index contributed by atoms with van der Waals surface area (Å²) < 4.78 is 5.70. The molecule has 2 atom stereocenters. The van der Waals surface area contributed by atoms with Crippen LogP contribution >= 0.6 is 0 Å². The van der Waals surface area contributed by atoms with Crippen LogP contribution in [0.5, 0.6) is 0 Å². The smallest absolute Gasteiger partial charge is 0.313 e. The lowest BCUT2D eigenvalue weighted by atomic mass is 10.1. The average molecular weight is 539 g/mol. The van der Waals surface area contributed by atoms with Crippen molar-refractivity contribution in [3.63, 3.8) is 0 Å². The zero-order chi connectivity index (χ0) is 28.1. The predicted octanol–water partition coefficient (Wildman–Crippen LogP) is 3.64. The Morgan fingerprint density at radius 2 is 1.55 bits per heavy atom. The summed E-state index contributed by atoms with van der Waals surface area (Å²) in [5, 5.41) is 12.4. The van der Waals surface area contributed by atoms with Crippen LogP contribution in [0.1, 0.15) is 29.8 Å². The van der Waals surface area contributed by atoms with Crippen molar-refractivity contribution in [1.82, 2.24) is 25.4 Å². The first-order valence-corrected chi connectivity index (χ1v) is 13.1. The largest absolute Gasteiger partial charge is 0.372 e. The van der Waals surface area contributed by atoms with Gasteiger partial charge in [-0.3, -0.25) is 19.5 Å². The van der Waals surface area contributed by atoms with Gasteiger partial charge in [0, 0.05) is 42.0 Å². The van der Waals surface area contributed by atoms with Gasteiger partial charge in [-0.1, -0.05) is 42.5 Å². The van der Waals surface area contributed by atoms with Crippen LogP contribution in [-0.4, -0.2) is 63.1 Å². The molecule has 5 rings (SSSR count). The number of benzene rings is 3. The first kappa shape index (κ1) is 26.8. The van der Waals surface area contributed by atoms with Gasteiger partial charge in [-0.05, 0) is 55.8 Å². The molecule has 1 fully saturated rings. The number of carbonyl (C=O) groups excluding carboxylic acids is 3. The summed E-state index contributed by atoms with van der Waals surface area (Å²) in [6.45, 7) is 5.16. The van der Waals surface area contributed by atoms with Gasteiger partial charge in [-0.15, -0.1) is 0 Å². The normalized spacial score (nSPS) is 16.8. The molecule has 4 aromatic rings. The molecule has 10 nitrogen and oxygen atoms in total. The molecule has 3 amide bonds. The van der Waals surface area contributed by atoms with Crippen molar-refractivity contribution < 1.29 is 19.1 Å².